The van der Waals surface area contributed by atoms with E-state index in [0.29, 0.717) is 6.04 Å². The van der Waals surface area contributed by atoms with Gasteiger partial charge in [-0.05, 0) is 25.7 Å². The molecule has 0 aliphatic carbocycles. The quantitative estimate of drug-likeness (QED) is 0.726. The van der Waals surface area contributed by atoms with Gasteiger partial charge in [0.1, 0.15) is 5.76 Å². The maximum Gasteiger partial charge on any atom is 0.117 e. The van der Waals surface area contributed by atoms with Crippen LogP contribution in [0.4, 0.5) is 0 Å². The molecule has 1 aromatic heterocycles. The molecule has 1 aromatic rings. The van der Waals surface area contributed by atoms with Crippen LogP contribution in [0.3, 0.4) is 0 Å². The molecule has 92 valence electrons. The van der Waals surface area contributed by atoms with E-state index in [1.807, 2.05) is 19.2 Å². The number of rotatable bonds is 8. The van der Waals surface area contributed by atoms with Crippen molar-refractivity contribution >= 4 is 0 Å². The molecule has 0 aliphatic rings. The van der Waals surface area contributed by atoms with Gasteiger partial charge in [-0.2, -0.15) is 0 Å². The molecule has 0 spiro atoms. The van der Waals surface area contributed by atoms with E-state index in [1.54, 1.807) is 13.4 Å². The van der Waals surface area contributed by atoms with Gasteiger partial charge in [-0.3, -0.25) is 4.90 Å². The number of likely N-dealkylation sites (N-methyl/N-ethyl adjacent to an activating group) is 2. The molecule has 1 unspecified atom stereocenters. The molecular weight excluding hydrogens is 204 g/mol. The summed E-state index contributed by atoms with van der Waals surface area (Å²) in [4.78, 5) is 2.35. The van der Waals surface area contributed by atoms with Crippen LogP contribution in [-0.4, -0.2) is 44.8 Å². The van der Waals surface area contributed by atoms with Crippen LogP contribution in [-0.2, 0) is 11.3 Å². The highest BCUT2D eigenvalue weighted by molar-refractivity contribution is 4.98. The Bertz CT molecular complexity index is 256. The van der Waals surface area contributed by atoms with Crippen molar-refractivity contribution in [1.82, 2.24) is 10.2 Å². The zero-order valence-corrected chi connectivity index (χ0v) is 10.4. The summed E-state index contributed by atoms with van der Waals surface area (Å²) in [6.45, 7) is 5.62. The predicted molar refractivity (Wildman–Crippen MR) is 64.4 cm³/mol. The SMILES string of the molecule is CCN(Cc1ccco1)C(CNC)COC. The Morgan fingerprint density at radius 2 is 2.38 bits per heavy atom. The third-order valence-corrected chi connectivity index (χ3v) is 2.66. The van der Waals surface area contributed by atoms with E-state index >= 15 is 0 Å². The summed E-state index contributed by atoms with van der Waals surface area (Å²) >= 11 is 0. The van der Waals surface area contributed by atoms with Gasteiger partial charge in [-0.1, -0.05) is 6.92 Å². The van der Waals surface area contributed by atoms with E-state index in [1.165, 1.54) is 0 Å². The second-order valence-corrected chi connectivity index (χ2v) is 3.81. The fraction of sp³-hybridized carbons (Fsp3) is 0.667. The van der Waals surface area contributed by atoms with E-state index in [0.717, 1.165) is 32.0 Å². The van der Waals surface area contributed by atoms with Gasteiger partial charge in [-0.15, -0.1) is 0 Å². The first-order valence-corrected chi connectivity index (χ1v) is 5.71. The first kappa shape index (κ1) is 13.2. The van der Waals surface area contributed by atoms with Crippen LogP contribution < -0.4 is 5.32 Å². The summed E-state index contributed by atoms with van der Waals surface area (Å²) in [5.74, 6) is 0.999. The fourth-order valence-corrected chi connectivity index (χ4v) is 1.82. The lowest BCUT2D eigenvalue weighted by molar-refractivity contribution is 0.0845. The largest absolute Gasteiger partial charge is 0.468 e. The molecule has 0 aromatic carbocycles. The van der Waals surface area contributed by atoms with Gasteiger partial charge in [0.15, 0.2) is 0 Å². The molecule has 1 N–H and O–H groups in total. The molecule has 0 fully saturated rings. The standard InChI is InChI=1S/C12H22N2O2/c1-4-14(9-12-6-5-7-16-12)11(8-13-2)10-15-3/h5-7,11,13H,4,8-10H2,1-3H3. The highest BCUT2D eigenvalue weighted by Crippen LogP contribution is 2.08. The maximum atomic E-state index is 5.37. The van der Waals surface area contributed by atoms with E-state index < -0.39 is 0 Å². The summed E-state index contributed by atoms with van der Waals surface area (Å²) in [5, 5.41) is 3.19. The number of hydrogen-bond donors (Lipinski definition) is 1. The predicted octanol–water partition coefficient (Wildman–Crippen LogP) is 1.34. The molecule has 16 heavy (non-hydrogen) atoms. The van der Waals surface area contributed by atoms with E-state index in [9.17, 15) is 0 Å². The minimum atomic E-state index is 0.380. The third kappa shape index (κ3) is 3.96. The lowest BCUT2D eigenvalue weighted by Crippen LogP contribution is -2.43. The summed E-state index contributed by atoms with van der Waals surface area (Å²) in [6.07, 6.45) is 1.71. The Morgan fingerprint density at radius 3 is 2.88 bits per heavy atom. The molecule has 1 rings (SSSR count). The van der Waals surface area contributed by atoms with Crippen molar-refractivity contribution in [3.8, 4) is 0 Å². The monoisotopic (exact) mass is 226 g/mol. The van der Waals surface area contributed by atoms with Crippen LogP contribution >= 0.6 is 0 Å². The van der Waals surface area contributed by atoms with E-state index in [2.05, 4.69) is 17.1 Å². The zero-order valence-electron chi connectivity index (χ0n) is 10.4. The Morgan fingerprint density at radius 1 is 1.56 bits per heavy atom. The third-order valence-electron chi connectivity index (χ3n) is 2.66. The second-order valence-electron chi connectivity index (χ2n) is 3.81. The average molecular weight is 226 g/mol. The van der Waals surface area contributed by atoms with E-state index in [4.69, 9.17) is 9.15 Å². The normalized spacial score (nSPS) is 13.2. The molecule has 0 bridgehead atoms. The van der Waals surface area contributed by atoms with Crippen molar-refractivity contribution in [2.45, 2.75) is 19.5 Å². The minimum Gasteiger partial charge on any atom is -0.468 e. The highest BCUT2D eigenvalue weighted by atomic mass is 16.5. The molecule has 0 saturated heterocycles. The van der Waals surface area contributed by atoms with Crippen LogP contribution in [0.1, 0.15) is 12.7 Å². The Labute approximate surface area is 97.6 Å². The molecule has 1 heterocycles. The summed E-state index contributed by atoms with van der Waals surface area (Å²) in [7, 11) is 3.70. The van der Waals surface area contributed by atoms with Crippen molar-refractivity contribution in [2.24, 2.45) is 0 Å². The van der Waals surface area contributed by atoms with Crippen LogP contribution in [0.25, 0.3) is 0 Å². The van der Waals surface area contributed by atoms with E-state index in [-0.39, 0.29) is 0 Å². The molecule has 4 nitrogen and oxygen atoms in total. The van der Waals surface area contributed by atoms with Crippen molar-refractivity contribution in [1.29, 1.82) is 0 Å². The first-order valence-electron chi connectivity index (χ1n) is 5.71. The highest BCUT2D eigenvalue weighted by Gasteiger charge is 2.17. The Kier molecular flexibility index (Phi) is 6.15. The molecule has 0 aliphatic heterocycles. The number of methoxy groups -OCH3 is 1. The average Bonchev–Trinajstić information content (AvgIpc) is 2.78. The van der Waals surface area contributed by atoms with Crippen LogP contribution in [0.5, 0.6) is 0 Å². The van der Waals surface area contributed by atoms with Crippen molar-refractivity contribution in [3.05, 3.63) is 24.2 Å². The molecule has 0 radical (unpaired) electrons. The topological polar surface area (TPSA) is 37.6 Å². The fourth-order valence-electron chi connectivity index (χ4n) is 1.82. The summed E-state index contributed by atoms with van der Waals surface area (Å²) in [5.41, 5.74) is 0. The molecule has 0 saturated carbocycles. The van der Waals surface area contributed by atoms with Gasteiger partial charge in [0.2, 0.25) is 0 Å². The van der Waals surface area contributed by atoms with Gasteiger partial charge >= 0.3 is 0 Å². The van der Waals surface area contributed by atoms with Crippen molar-refractivity contribution < 1.29 is 9.15 Å². The smallest absolute Gasteiger partial charge is 0.117 e. The molecular formula is C12H22N2O2. The number of ether oxygens (including phenoxy) is 1. The van der Waals surface area contributed by atoms with Gasteiger partial charge in [0, 0.05) is 19.7 Å². The second kappa shape index (κ2) is 7.44. The first-order chi connectivity index (χ1) is 7.81. The molecule has 1 atom stereocenters. The van der Waals surface area contributed by atoms with Gasteiger partial charge in [0.05, 0.1) is 19.4 Å². The van der Waals surface area contributed by atoms with Crippen molar-refractivity contribution in [3.63, 3.8) is 0 Å². The Balaban J connectivity index is 2.55. The molecule has 0 amide bonds. The maximum absolute atomic E-state index is 5.37. The van der Waals surface area contributed by atoms with Gasteiger partial charge in [0.25, 0.3) is 0 Å². The zero-order chi connectivity index (χ0) is 11.8. The summed E-state index contributed by atoms with van der Waals surface area (Å²) < 4.78 is 10.6. The minimum absolute atomic E-state index is 0.380. The van der Waals surface area contributed by atoms with Crippen LogP contribution in [0.15, 0.2) is 22.8 Å². The summed E-state index contributed by atoms with van der Waals surface area (Å²) in [6, 6.07) is 4.31. The molecule has 4 heteroatoms. The number of nitrogens with one attached hydrogen (secondary N) is 1. The lowest BCUT2D eigenvalue weighted by Gasteiger charge is -2.29. The lowest BCUT2D eigenvalue weighted by atomic mass is 10.2. The van der Waals surface area contributed by atoms with Gasteiger partial charge < -0.3 is 14.5 Å². The van der Waals surface area contributed by atoms with Gasteiger partial charge in [-0.25, -0.2) is 0 Å². The number of nitrogens with zero attached hydrogens (tertiary/aromatic N) is 1. The number of hydrogen-bond acceptors (Lipinski definition) is 4. The van der Waals surface area contributed by atoms with Crippen LogP contribution in [0, 0.1) is 0 Å². The van der Waals surface area contributed by atoms with Crippen molar-refractivity contribution in [2.75, 3.05) is 33.9 Å². The number of furan rings is 1. The van der Waals surface area contributed by atoms with Crippen LogP contribution in [0.2, 0.25) is 0 Å². The Hall–Kier alpha value is -0.840.